The van der Waals surface area contributed by atoms with Crippen LogP contribution in [0.2, 0.25) is 0 Å². The molecule has 9 heteroatoms. The highest BCUT2D eigenvalue weighted by atomic mass is 32.2. The van der Waals surface area contributed by atoms with Gasteiger partial charge >= 0.3 is 0 Å². The van der Waals surface area contributed by atoms with Gasteiger partial charge in [-0.15, -0.1) is 11.3 Å². The molecule has 1 N–H and O–H groups in total. The first kappa shape index (κ1) is 18.6. The molecule has 2 aliphatic rings. The standard InChI is InChI=1S/C18H23N3O4S2/c1-11-3-4-12-13(7-11)26-16-15(12)17(23)21(10-19-16)8-14(22)20-18(2)5-6-27(24,25)9-18/h10-11H,3-9H2,1-2H3,(H,20,22)/t11-,18+/m0/s1. The molecule has 7 nitrogen and oxygen atoms in total. The molecular weight excluding hydrogens is 386 g/mol. The summed E-state index contributed by atoms with van der Waals surface area (Å²) in [5, 5.41) is 3.44. The molecular formula is C18H23N3O4S2. The van der Waals surface area contributed by atoms with Crippen molar-refractivity contribution < 1.29 is 13.2 Å². The number of hydrogen-bond acceptors (Lipinski definition) is 6. The second kappa shape index (κ2) is 6.41. The first-order chi connectivity index (χ1) is 12.7. The molecule has 2 aromatic heterocycles. The number of aryl methyl sites for hydroxylation is 1. The van der Waals surface area contributed by atoms with E-state index in [1.807, 2.05) is 0 Å². The molecule has 1 aliphatic carbocycles. The third kappa shape index (κ3) is 3.54. The minimum atomic E-state index is -3.11. The molecule has 146 valence electrons. The number of thiophene rings is 1. The summed E-state index contributed by atoms with van der Waals surface area (Å²) in [7, 11) is -3.11. The topological polar surface area (TPSA) is 98.1 Å². The maximum atomic E-state index is 13.0. The van der Waals surface area contributed by atoms with Crippen LogP contribution in [0.5, 0.6) is 0 Å². The number of amides is 1. The van der Waals surface area contributed by atoms with E-state index in [1.54, 1.807) is 18.3 Å². The number of fused-ring (bicyclic) bond motifs is 3. The van der Waals surface area contributed by atoms with Gasteiger partial charge in [-0.25, -0.2) is 13.4 Å². The predicted octanol–water partition coefficient (Wildman–Crippen LogP) is 1.28. The normalized spacial score (nSPS) is 26.8. The largest absolute Gasteiger partial charge is 0.348 e. The highest BCUT2D eigenvalue weighted by molar-refractivity contribution is 7.91. The van der Waals surface area contributed by atoms with E-state index in [1.165, 1.54) is 15.8 Å². The first-order valence-electron chi connectivity index (χ1n) is 9.17. The van der Waals surface area contributed by atoms with Crippen molar-refractivity contribution in [3.05, 3.63) is 27.1 Å². The molecule has 1 fully saturated rings. The molecule has 2 aromatic rings. The van der Waals surface area contributed by atoms with Crippen molar-refractivity contribution in [3.63, 3.8) is 0 Å². The van der Waals surface area contributed by atoms with Crippen molar-refractivity contribution >= 4 is 37.3 Å². The fourth-order valence-corrected chi connectivity index (χ4v) is 7.55. The van der Waals surface area contributed by atoms with Crippen LogP contribution in [0.1, 0.15) is 37.1 Å². The van der Waals surface area contributed by atoms with E-state index in [4.69, 9.17) is 0 Å². The molecule has 0 spiro atoms. The molecule has 1 saturated heterocycles. The molecule has 0 saturated carbocycles. The van der Waals surface area contributed by atoms with E-state index < -0.39 is 15.4 Å². The van der Waals surface area contributed by atoms with Gasteiger partial charge in [-0.1, -0.05) is 6.92 Å². The fourth-order valence-electron chi connectivity index (χ4n) is 4.12. The number of nitrogens with zero attached hydrogens (tertiary/aromatic N) is 2. The summed E-state index contributed by atoms with van der Waals surface area (Å²) >= 11 is 1.58. The van der Waals surface area contributed by atoms with Gasteiger partial charge in [0.15, 0.2) is 9.84 Å². The van der Waals surface area contributed by atoms with E-state index in [0.717, 1.165) is 29.7 Å². The van der Waals surface area contributed by atoms with Gasteiger partial charge in [0, 0.05) is 4.88 Å². The summed E-state index contributed by atoms with van der Waals surface area (Å²) in [5.74, 6) is 0.266. The van der Waals surface area contributed by atoms with Crippen LogP contribution in [0.25, 0.3) is 10.2 Å². The number of aromatic nitrogens is 2. The average Bonchev–Trinajstić information content (AvgIpc) is 3.06. The molecule has 3 heterocycles. The van der Waals surface area contributed by atoms with Crippen molar-refractivity contribution in [2.75, 3.05) is 11.5 Å². The third-order valence-electron chi connectivity index (χ3n) is 5.54. The number of carbonyl (C=O) groups excluding carboxylic acids is 1. The lowest BCUT2D eigenvalue weighted by Crippen LogP contribution is -2.48. The molecule has 2 atom stereocenters. The van der Waals surface area contributed by atoms with Crippen molar-refractivity contribution in [1.29, 1.82) is 0 Å². The zero-order valence-corrected chi connectivity index (χ0v) is 17.1. The van der Waals surface area contributed by atoms with E-state index in [-0.39, 0.29) is 29.5 Å². The van der Waals surface area contributed by atoms with E-state index in [0.29, 0.717) is 17.7 Å². The second-order valence-corrected chi connectivity index (χ2v) is 11.4. The minimum absolute atomic E-state index is 0.0614. The lowest BCUT2D eigenvalue weighted by molar-refractivity contribution is -0.123. The number of carbonyl (C=O) groups is 1. The Bertz CT molecular complexity index is 1090. The Kier molecular flexibility index (Phi) is 4.42. The van der Waals surface area contributed by atoms with E-state index >= 15 is 0 Å². The van der Waals surface area contributed by atoms with Gasteiger partial charge in [0.05, 0.1) is 28.8 Å². The van der Waals surface area contributed by atoms with Gasteiger partial charge in [0.1, 0.15) is 11.4 Å². The van der Waals surface area contributed by atoms with Gasteiger partial charge in [0.2, 0.25) is 5.91 Å². The van der Waals surface area contributed by atoms with E-state index in [2.05, 4.69) is 17.2 Å². The lowest BCUT2D eigenvalue weighted by atomic mass is 9.89. The highest BCUT2D eigenvalue weighted by Gasteiger charge is 2.39. The van der Waals surface area contributed by atoms with Gasteiger partial charge in [0.25, 0.3) is 5.56 Å². The van der Waals surface area contributed by atoms with Crippen LogP contribution in [0.3, 0.4) is 0 Å². The maximum Gasteiger partial charge on any atom is 0.262 e. The molecule has 1 amide bonds. The first-order valence-corrected chi connectivity index (χ1v) is 11.8. The minimum Gasteiger partial charge on any atom is -0.348 e. The summed E-state index contributed by atoms with van der Waals surface area (Å²) in [6.07, 6.45) is 4.72. The highest BCUT2D eigenvalue weighted by Crippen LogP contribution is 2.35. The summed E-state index contributed by atoms with van der Waals surface area (Å²) in [5.41, 5.74) is 0.134. The van der Waals surface area contributed by atoms with Gasteiger partial charge in [-0.3, -0.25) is 14.2 Å². The van der Waals surface area contributed by atoms with Gasteiger partial charge in [-0.05, 0) is 44.1 Å². The fraction of sp³-hybridized carbons (Fsp3) is 0.611. The number of rotatable bonds is 3. The van der Waals surface area contributed by atoms with Crippen LogP contribution in [0.4, 0.5) is 0 Å². The molecule has 0 radical (unpaired) electrons. The lowest BCUT2D eigenvalue weighted by Gasteiger charge is -2.24. The zero-order valence-electron chi connectivity index (χ0n) is 15.4. The molecule has 0 aromatic carbocycles. The molecule has 0 bridgehead atoms. The van der Waals surface area contributed by atoms with Gasteiger partial charge in [-0.2, -0.15) is 0 Å². The van der Waals surface area contributed by atoms with Crippen molar-refractivity contribution in [2.24, 2.45) is 5.92 Å². The number of hydrogen-bond donors (Lipinski definition) is 1. The van der Waals surface area contributed by atoms with Crippen molar-refractivity contribution in [1.82, 2.24) is 14.9 Å². The smallest absolute Gasteiger partial charge is 0.262 e. The molecule has 0 unspecified atom stereocenters. The predicted molar refractivity (Wildman–Crippen MR) is 105 cm³/mol. The summed E-state index contributed by atoms with van der Waals surface area (Å²) < 4.78 is 24.7. The molecule has 4 rings (SSSR count). The Morgan fingerprint density at radius 1 is 1.48 bits per heavy atom. The quantitative estimate of drug-likeness (QED) is 0.823. The van der Waals surface area contributed by atoms with Crippen LogP contribution >= 0.6 is 11.3 Å². The molecule has 1 aliphatic heterocycles. The Hall–Kier alpha value is -1.74. The summed E-state index contributed by atoms with van der Waals surface area (Å²) in [4.78, 5) is 31.8. The Labute approximate surface area is 161 Å². The Morgan fingerprint density at radius 3 is 2.96 bits per heavy atom. The van der Waals surface area contributed by atoms with Crippen LogP contribution in [0, 0.1) is 5.92 Å². The second-order valence-electron chi connectivity index (χ2n) is 8.16. The van der Waals surface area contributed by atoms with Crippen LogP contribution in [0.15, 0.2) is 11.1 Å². The molecule has 27 heavy (non-hydrogen) atoms. The van der Waals surface area contributed by atoms with Crippen molar-refractivity contribution in [2.45, 2.75) is 51.6 Å². The number of nitrogens with one attached hydrogen (secondary N) is 1. The number of sulfone groups is 1. The Morgan fingerprint density at radius 2 is 2.26 bits per heavy atom. The SMILES string of the molecule is C[C@H]1CCc2c(sc3ncn(CC(=O)N[C@]4(C)CCS(=O)(=O)C4)c(=O)c23)C1. The average molecular weight is 410 g/mol. The zero-order chi connectivity index (χ0) is 19.4. The van der Waals surface area contributed by atoms with Crippen LogP contribution in [-0.4, -0.2) is 40.9 Å². The summed E-state index contributed by atoms with van der Waals surface area (Å²) in [6.45, 7) is 3.79. The van der Waals surface area contributed by atoms with Gasteiger partial charge < -0.3 is 5.32 Å². The third-order valence-corrected chi connectivity index (χ3v) is 8.61. The summed E-state index contributed by atoms with van der Waals surface area (Å²) in [6, 6.07) is 0. The van der Waals surface area contributed by atoms with Crippen LogP contribution < -0.4 is 10.9 Å². The monoisotopic (exact) mass is 409 g/mol. The van der Waals surface area contributed by atoms with Crippen molar-refractivity contribution in [3.8, 4) is 0 Å². The Balaban J connectivity index is 1.59. The maximum absolute atomic E-state index is 13.0. The van der Waals surface area contributed by atoms with E-state index in [9.17, 15) is 18.0 Å². The van der Waals surface area contributed by atoms with Crippen LogP contribution in [-0.2, 0) is 34.0 Å².